The summed E-state index contributed by atoms with van der Waals surface area (Å²) >= 11 is 7.90. The molecule has 2 aromatic heterocycles. The summed E-state index contributed by atoms with van der Waals surface area (Å²) < 4.78 is 132. The van der Waals surface area contributed by atoms with Crippen molar-refractivity contribution in [3.05, 3.63) is 56.2 Å². The summed E-state index contributed by atoms with van der Waals surface area (Å²) in [6, 6.07) is 0. The van der Waals surface area contributed by atoms with Gasteiger partial charge in [-0.25, -0.2) is 27.5 Å². The molecule has 0 amide bonds. The number of hydrogen-bond donors (Lipinski definition) is 2. The molecule has 2 rings (SSSR count). The zero-order valence-electron chi connectivity index (χ0n) is 25.7. The molecule has 0 unspecified atom stereocenters. The molecule has 0 bridgehead atoms. The van der Waals surface area contributed by atoms with Crippen LogP contribution in [0.4, 0.5) is 43.9 Å². The fraction of sp³-hybridized carbons (Fsp3) is 0.500. The van der Waals surface area contributed by atoms with Crippen LogP contribution in [0.3, 0.4) is 0 Å². The maximum Gasteiger partial charge on any atom is 0.434 e. The summed E-state index contributed by atoms with van der Waals surface area (Å²) in [5.41, 5.74) is -9.97. The van der Waals surface area contributed by atoms with Crippen molar-refractivity contribution in [2.75, 3.05) is 12.5 Å². The van der Waals surface area contributed by atoms with Crippen molar-refractivity contribution in [3.63, 3.8) is 0 Å². The lowest BCUT2D eigenvalue weighted by atomic mass is 9.92. The van der Waals surface area contributed by atoms with Crippen LogP contribution in [-0.2, 0) is 25.2 Å². The first-order valence-electron chi connectivity index (χ1n) is 13.3. The summed E-state index contributed by atoms with van der Waals surface area (Å²) in [4.78, 5) is 53.3. The van der Waals surface area contributed by atoms with E-state index in [9.17, 15) is 63.1 Å². The molecule has 0 fully saturated rings. The molecular formula is C28H28F10N2O4S4. The summed E-state index contributed by atoms with van der Waals surface area (Å²) in [5.74, 6) is -0.585. The molecule has 0 N–H and O–H groups in total. The monoisotopic (exact) mass is 774 g/mol. The van der Waals surface area contributed by atoms with Crippen LogP contribution >= 0.6 is 48.8 Å². The number of carbonyl (C=O) groups excluding carboxylic acids is 4. The van der Waals surface area contributed by atoms with Crippen molar-refractivity contribution in [1.82, 2.24) is 9.97 Å². The third-order valence-corrected chi connectivity index (χ3v) is 7.64. The average molecular weight is 775 g/mol. The van der Waals surface area contributed by atoms with E-state index in [1.165, 1.54) is 12.5 Å². The first-order chi connectivity index (χ1) is 21.8. The molecule has 0 saturated carbocycles. The summed E-state index contributed by atoms with van der Waals surface area (Å²) in [7, 11) is 0. The molecule has 6 nitrogen and oxygen atoms in total. The van der Waals surface area contributed by atoms with Crippen molar-refractivity contribution in [1.29, 1.82) is 0 Å². The Labute approximate surface area is 287 Å². The Balaban J connectivity index is 0.000000482. The van der Waals surface area contributed by atoms with E-state index in [1.54, 1.807) is 27.7 Å². The van der Waals surface area contributed by atoms with Gasteiger partial charge in [-0.1, -0.05) is 51.2 Å². The second-order valence-electron chi connectivity index (χ2n) is 10.5. The zero-order valence-corrected chi connectivity index (χ0v) is 29.2. The predicted octanol–water partition coefficient (Wildman–Crippen LogP) is 9.62. The Kier molecular flexibility index (Phi) is 16.0. The van der Waals surface area contributed by atoms with E-state index in [0.717, 1.165) is 0 Å². The Morgan fingerprint density at radius 1 is 0.604 bits per heavy atom. The fourth-order valence-corrected chi connectivity index (χ4v) is 5.73. The number of hydrogen-bond acceptors (Lipinski definition) is 8. The van der Waals surface area contributed by atoms with Gasteiger partial charge >= 0.3 is 12.4 Å². The lowest BCUT2D eigenvalue weighted by Crippen LogP contribution is -2.23. The summed E-state index contributed by atoms with van der Waals surface area (Å²) in [6.45, 7) is 6.48. The molecule has 0 aliphatic carbocycles. The van der Waals surface area contributed by atoms with Crippen molar-refractivity contribution in [2.24, 2.45) is 11.8 Å². The number of aromatic nitrogens is 2. The number of thioether (sulfide) groups is 2. The zero-order chi connectivity index (χ0) is 37.6. The third-order valence-electron chi connectivity index (χ3n) is 6.04. The lowest BCUT2D eigenvalue weighted by Gasteiger charge is -2.21. The van der Waals surface area contributed by atoms with E-state index in [1.807, 2.05) is 0 Å². The average Bonchev–Trinajstić information content (AvgIpc) is 2.93. The van der Waals surface area contributed by atoms with E-state index >= 15 is 0 Å². The van der Waals surface area contributed by atoms with Gasteiger partial charge in [-0.3, -0.25) is 19.2 Å². The van der Waals surface area contributed by atoms with Crippen molar-refractivity contribution < 1.29 is 63.1 Å². The number of pyridine rings is 2. The topological polar surface area (TPSA) is 94.1 Å². The van der Waals surface area contributed by atoms with Crippen molar-refractivity contribution >= 4 is 69.2 Å². The molecule has 268 valence electrons. The van der Waals surface area contributed by atoms with Gasteiger partial charge in [0.05, 0.1) is 22.3 Å². The predicted molar refractivity (Wildman–Crippen MR) is 168 cm³/mol. The number of thiol groups is 2. The second kappa shape index (κ2) is 17.6. The molecule has 0 aliphatic heterocycles. The van der Waals surface area contributed by atoms with Crippen LogP contribution in [0, 0.1) is 11.8 Å². The number of carbonyl (C=O) groups is 4. The van der Waals surface area contributed by atoms with E-state index < -0.39 is 96.3 Å². The molecule has 2 aromatic rings. The molecular weight excluding hydrogens is 747 g/mol. The van der Waals surface area contributed by atoms with Crippen LogP contribution in [-0.4, -0.2) is 42.9 Å². The van der Waals surface area contributed by atoms with Gasteiger partial charge in [0.25, 0.3) is 12.9 Å². The van der Waals surface area contributed by atoms with Crippen molar-refractivity contribution in [3.8, 4) is 0 Å². The van der Waals surface area contributed by atoms with Gasteiger partial charge in [0.1, 0.15) is 11.4 Å². The van der Waals surface area contributed by atoms with Gasteiger partial charge in [-0.15, -0.1) is 25.3 Å². The molecule has 48 heavy (non-hydrogen) atoms. The molecule has 0 aromatic carbocycles. The molecule has 0 saturated heterocycles. The van der Waals surface area contributed by atoms with E-state index in [2.05, 4.69) is 35.2 Å². The maximum atomic E-state index is 13.4. The second-order valence-corrected chi connectivity index (χ2v) is 12.9. The molecule has 0 spiro atoms. The van der Waals surface area contributed by atoms with Gasteiger partial charge in [0, 0.05) is 0 Å². The minimum atomic E-state index is -5.15. The SMILES string of the molecule is CC(C)Cc1c(C(=O)S)c(C(F)F)nc(C(F)(F)F)c1C(=O)S.CSC(=O)c1c(C(F)F)nc(C(F)(F)F)c(C(=O)SC)c1CC(C)C. The Morgan fingerprint density at radius 2 is 0.917 bits per heavy atom. The smallest absolute Gasteiger partial charge is 0.282 e. The van der Waals surface area contributed by atoms with Crippen LogP contribution in [0.1, 0.15) is 116 Å². The number of halogens is 10. The third kappa shape index (κ3) is 10.8. The molecule has 0 atom stereocenters. The highest BCUT2D eigenvalue weighted by molar-refractivity contribution is 8.13. The summed E-state index contributed by atoms with van der Waals surface area (Å²) in [5, 5.41) is -4.31. The van der Waals surface area contributed by atoms with Crippen LogP contribution < -0.4 is 0 Å². The van der Waals surface area contributed by atoms with Crippen molar-refractivity contribution in [2.45, 2.75) is 65.7 Å². The van der Waals surface area contributed by atoms with Gasteiger partial charge in [-0.05, 0) is 48.3 Å². The van der Waals surface area contributed by atoms with Gasteiger partial charge in [-0.2, -0.15) is 26.3 Å². The highest BCUT2D eigenvalue weighted by Gasteiger charge is 2.43. The van der Waals surface area contributed by atoms with Gasteiger partial charge < -0.3 is 0 Å². The maximum absolute atomic E-state index is 13.4. The van der Waals surface area contributed by atoms with Crippen LogP contribution in [0.5, 0.6) is 0 Å². The lowest BCUT2D eigenvalue weighted by molar-refractivity contribution is -0.142. The summed E-state index contributed by atoms with van der Waals surface area (Å²) in [6.07, 6.45) is -14.8. The minimum absolute atomic E-state index is 0.130. The molecule has 2 heterocycles. The van der Waals surface area contributed by atoms with Crippen LogP contribution in [0.15, 0.2) is 0 Å². The van der Waals surface area contributed by atoms with E-state index in [-0.39, 0.29) is 30.2 Å². The fourth-order valence-electron chi connectivity index (χ4n) is 4.38. The Morgan fingerprint density at radius 3 is 1.21 bits per heavy atom. The first-order valence-corrected chi connectivity index (χ1v) is 16.6. The van der Waals surface area contributed by atoms with E-state index in [4.69, 9.17) is 0 Å². The molecule has 0 radical (unpaired) electrons. The Bertz CT molecular complexity index is 1550. The largest absolute Gasteiger partial charge is 0.434 e. The number of rotatable bonds is 10. The minimum Gasteiger partial charge on any atom is -0.282 e. The Hall–Kier alpha value is -2.32. The highest BCUT2D eigenvalue weighted by Crippen LogP contribution is 2.40. The number of alkyl halides is 10. The molecule has 20 heteroatoms. The molecule has 0 aliphatic rings. The van der Waals surface area contributed by atoms with Crippen LogP contribution in [0.25, 0.3) is 0 Å². The van der Waals surface area contributed by atoms with Crippen LogP contribution in [0.2, 0.25) is 0 Å². The standard InChI is InChI=1S/C15H16F5NO2S2.C13H12F5NO2S2/c1-6(2)5-7-8(13(22)24-3)10(12(16)17)21-11(15(18,19)20)9(7)14(23)25-4;1-4(2)3-5-6(11(20)22)8(10(14)15)19-9(13(16,17)18)7(5)12(21)23/h6,12H,5H2,1-4H3;4,10H,3H2,1-2H3,(H,20,22)(H,21,23). The first kappa shape index (κ1) is 43.7. The van der Waals surface area contributed by atoms with Gasteiger partial charge in [0.15, 0.2) is 11.4 Å². The normalized spacial score (nSPS) is 12.1. The number of nitrogens with zero attached hydrogens (tertiary/aromatic N) is 2. The highest BCUT2D eigenvalue weighted by atomic mass is 32.2. The van der Waals surface area contributed by atoms with Gasteiger partial charge in [0.2, 0.25) is 20.5 Å². The van der Waals surface area contributed by atoms with E-state index in [0.29, 0.717) is 23.5 Å². The quantitative estimate of drug-likeness (QED) is 0.182.